The quantitative estimate of drug-likeness (QED) is 0.202. The minimum Gasteiger partial charge on any atom is -0.490 e. The van der Waals surface area contributed by atoms with E-state index in [4.69, 9.17) is 19.2 Å². The first-order chi connectivity index (χ1) is 17.2. The zero-order chi connectivity index (χ0) is 26.4. The monoisotopic (exact) mass is 621 g/mol. The van der Waals surface area contributed by atoms with Crippen LogP contribution in [0.3, 0.4) is 0 Å². The summed E-state index contributed by atoms with van der Waals surface area (Å²) < 4.78 is 19.4. The van der Waals surface area contributed by atoms with Crippen LogP contribution in [0, 0.1) is 0 Å². The highest BCUT2D eigenvalue weighted by molar-refractivity contribution is 9.10. The number of aromatic nitrogens is 2. The van der Waals surface area contributed by atoms with Crippen LogP contribution in [0.25, 0.3) is 10.9 Å². The van der Waals surface area contributed by atoms with Gasteiger partial charge in [0.25, 0.3) is 5.56 Å². The Morgan fingerprint density at radius 1 is 1.11 bits per heavy atom. The van der Waals surface area contributed by atoms with Gasteiger partial charge in [0.15, 0.2) is 17.6 Å². The molecule has 3 rings (SSSR count). The molecule has 0 bridgehead atoms. The molecular weight excluding hydrogens is 594 g/mol. The Kier molecular flexibility index (Phi) is 9.67. The molecule has 0 aliphatic heterocycles. The van der Waals surface area contributed by atoms with Crippen molar-refractivity contribution in [2.24, 2.45) is 5.10 Å². The van der Waals surface area contributed by atoms with Crippen molar-refractivity contribution in [3.63, 3.8) is 0 Å². The van der Waals surface area contributed by atoms with Gasteiger partial charge in [-0.2, -0.15) is 9.78 Å². The fraction of sp³-hybridized carbons (Fsp3) is 0.385. The van der Waals surface area contributed by atoms with Crippen molar-refractivity contribution in [1.82, 2.24) is 9.66 Å². The van der Waals surface area contributed by atoms with Gasteiger partial charge in [0, 0.05) is 20.4 Å². The van der Waals surface area contributed by atoms with Gasteiger partial charge in [0.1, 0.15) is 5.82 Å². The van der Waals surface area contributed by atoms with Crippen LogP contribution in [-0.4, -0.2) is 41.2 Å². The van der Waals surface area contributed by atoms with Crippen LogP contribution >= 0.6 is 31.9 Å². The highest BCUT2D eigenvalue weighted by Crippen LogP contribution is 2.34. The van der Waals surface area contributed by atoms with Crippen molar-refractivity contribution in [2.45, 2.75) is 53.1 Å². The van der Waals surface area contributed by atoms with E-state index in [1.165, 1.54) is 4.68 Å². The van der Waals surface area contributed by atoms with Gasteiger partial charge >= 0.3 is 5.97 Å². The number of carbonyl (C=O) groups is 1. The maximum Gasteiger partial charge on any atom is 0.347 e. The lowest BCUT2D eigenvalue weighted by atomic mass is 10.1. The van der Waals surface area contributed by atoms with Crippen molar-refractivity contribution in [3.05, 3.63) is 61.0 Å². The van der Waals surface area contributed by atoms with Crippen LogP contribution in [0.15, 0.2) is 49.2 Å². The van der Waals surface area contributed by atoms with Gasteiger partial charge in [-0.25, -0.2) is 9.78 Å². The normalized spacial score (nSPS) is 13.1. The van der Waals surface area contributed by atoms with E-state index in [1.807, 2.05) is 32.9 Å². The van der Waals surface area contributed by atoms with E-state index in [2.05, 4.69) is 37.0 Å². The largest absolute Gasteiger partial charge is 0.490 e. The summed E-state index contributed by atoms with van der Waals surface area (Å²) in [5.74, 6) is 0.960. The van der Waals surface area contributed by atoms with Gasteiger partial charge in [-0.3, -0.25) is 4.79 Å². The summed E-state index contributed by atoms with van der Waals surface area (Å²) in [6.07, 6.45) is 1.56. The third kappa shape index (κ3) is 6.34. The molecule has 2 atom stereocenters. The number of ether oxygens (including phenoxy) is 3. The molecule has 0 saturated heterocycles. The van der Waals surface area contributed by atoms with E-state index in [1.54, 1.807) is 38.3 Å². The molecule has 0 N–H and O–H groups in total. The number of carbonyl (C=O) groups excluding carboxylic acids is 1. The van der Waals surface area contributed by atoms with Crippen molar-refractivity contribution in [1.29, 1.82) is 0 Å². The van der Waals surface area contributed by atoms with Crippen LogP contribution in [0.4, 0.5) is 0 Å². The molecule has 36 heavy (non-hydrogen) atoms. The Morgan fingerprint density at radius 2 is 1.86 bits per heavy atom. The number of fused-ring (bicyclic) bond motifs is 1. The topological polar surface area (TPSA) is 92.0 Å². The molecule has 2 aromatic carbocycles. The Balaban J connectivity index is 2.06. The average molecular weight is 623 g/mol. The number of esters is 1. The molecule has 10 heteroatoms. The van der Waals surface area contributed by atoms with E-state index in [-0.39, 0.29) is 18.1 Å². The zero-order valence-electron chi connectivity index (χ0n) is 20.9. The molecule has 192 valence electrons. The summed E-state index contributed by atoms with van der Waals surface area (Å²) in [5.41, 5.74) is 1.03. The van der Waals surface area contributed by atoms with E-state index in [0.717, 1.165) is 10.9 Å². The van der Waals surface area contributed by atoms with Gasteiger partial charge < -0.3 is 14.2 Å². The summed E-state index contributed by atoms with van der Waals surface area (Å²) >= 11 is 6.97. The first-order valence-electron chi connectivity index (χ1n) is 11.8. The maximum atomic E-state index is 13.4. The van der Waals surface area contributed by atoms with Gasteiger partial charge in [0.2, 0.25) is 0 Å². The van der Waals surface area contributed by atoms with Crippen LogP contribution in [0.2, 0.25) is 0 Å². The summed E-state index contributed by atoms with van der Waals surface area (Å²) in [6, 6.07) is 8.87. The van der Waals surface area contributed by atoms with Gasteiger partial charge in [-0.15, -0.1) is 0 Å². The van der Waals surface area contributed by atoms with Crippen molar-refractivity contribution < 1.29 is 19.0 Å². The summed E-state index contributed by atoms with van der Waals surface area (Å²) in [5, 5.41) is 5.00. The fourth-order valence-corrected chi connectivity index (χ4v) is 4.19. The van der Waals surface area contributed by atoms with Crippen LogP contribution in [0.5, 0.6) is 11.5 Å². The SMILES string of the molecule is CCOC(=O)[C@@H](C)Oc1cc(Br)c(C=Nn2c([C@H](C)CC)nc3ccc(Br)cc3c2=O)cc1OCC. The van der Waals surface area contributed by atoms with Crippen molar-refractivity contribution in [2.75, 3.05) is 13.2 Å². The summed E-state index contributed by atoms with van der Waals surface area (Å²) in [4.78, 5) is 30.1. The smallest absolute Gasteiger partial charge is 0.347 e. The number of nitrogens with zero attached hydrogens (tertiary/aromatic N) is 3. The first-order valence-corrected chi connectivity index (χ1v) is 13.3. The number of benzene rings is 2. The third-order valence-electron chi connectivity index (χ3n) is 5.48. The molecule has 0 aliphatic carbocycles. The Bertz CT molecular complexity index is 1340. The summed E-state index contributed by atoms with van der Waals surface area (Å²) in [6.45, 7) is 9.92. The maximum absolute atomic E-state index is 13.4. The minimum atomic E-state index is -0.810. The molecule has 3 aromatic rings. The van der Waals surface area contributed by atoms with Crippen LogP contribution in [0.1, 0.15) is 58.3 Å². The molecule has 0 unspecified atom stereocenters. The second-order valence-electron chi connectivity index (χ2n) is 8.07. The second-order valence-corrected chi connectivity index (χ2v) is 9.84. The number of halogens is 2. The Labute approximate surface area is 226 Å². The lowest BCUT2D eigenvalue weighted by molar-refractivity contribution is -0.150. The molecule has 1 heterocycles. The first kappa shape index (κ1) is 27.9. The number of hydrogen-bond acceptors (Lipinski definition) is 7. The second kappa shape index (κ2) is 12.5. The molecule has 1 aromatic heterocycles. The zero-order valence-corrected chi connectivity index (χ0v) is 24.1. The highest BCUT2D eigenvalue weighted by atomic mass is 79.9. The molecule has 0 amide bonds. The lowest BCUT2D eigenvalue weighted by Gasteiger charge is -2.17. The molecular formula is C26H29Br2N3O5. The predicted molar refractivity (Wildman–Crippen MR) is 147 cm³/mol. The Hall–Kier alpha value is -2.72. The molecule has 8 nitrogen and oxygen atoms in total. The molecule has 0 aliphatic rings. The van der Waals surface area contributed by atoms with E-state index < -0.39 is 12.1 Å². The van der Waals surface area contributed by atoms with Gasteiger partial charge in [-0.05, 0) is 73.5 Å². The van der Waals surface area contributed by atoms with Gasteiger partial charge in [-0.1, -0.05) is 29.8 Å². The average Bonchev–Trinajstić information content (AvgIpc) is 2.85. The predicted octanol–water partition coefficient (Wildman–Crippen LogP) is 6.05. The van der Waals surface area contributed by atoms with Gasteiger partial charge in [0.05, 0.1) is 30.3 Å². The minimum absolute atomic E-state index is 0.0189. The highest BCUT2D eigenvalue weighted by Gasteiger charge is 2.20. The molecule has 0 radical (unpaired) electrons. The molecule has 0 spiro atoms. The van der Waals surface area contributed by atoms with Crippen LogP contribution in [-0.2, 0) is 9.53 Å². The van der Waals surface area contributed by atoms with Crippen LogP contribution < -0.4 is 15.0 Å². The molecule has 0 fully saturated rings. The fourth-order valence-electron chi connectivity index (χ4n) is 3.41. The van der Waals surface area contributed by atoms with Crippen molar-refractivity contribution in [3.8, 4) is 11.5 Å². The van der Waals surface area contributed by atoms with E-state index in [0.29, 0.717) is 44.9 Å². The van der Waals surface area contributed by atoms with E-state index >= 15 is 0 Å². The molecule has 0 saturated carbocycles. The van der Waals surface area contributed by atoms with E-state index in [9.17, 15) is 9.59 Å². The lowest BCUT2D eigenvalue weighted by Crippen LogP contribution is -2.26. The summed E-state index contributed by atoms with van der Waals surface area (Å²) in [7, 11) is 0. The number of rotatable bonds is 10. The van der Waals surface area contributed by atoms with Crippen molar-refractivity contribution >= 4 is 54.9 Å². The number of hydrogen-bond donors (Lipinski definition) is 0. The third-order valence-corrected chi connectivity index (χ3v) is 6.66. The Morgan fingerprint density at radius 3 is 2.53 bits per heavy atom. The standard InChI is InChI=1S/C26H29Br2N3O5/c1-6-15(4)24-30-21-10-9-18(27)12-19(21)25(32)31(24)29-14-17-11-22(34-7-2)23(13-20(17)28)36-16(5)26(33)35-8-3/h9-16H,6-8H2,1-5H3/t15-,16-/m1/s1.